The van der Waals surface area contributed by atoms with Gasteiger partial charge in [0.15, 0.2) is 11.4 Å². The zero-order valence-corrected chi connectivity index (χ0v) is 21.6. The third kappa shape index (κ3) is 4.36. The van der Waals surface area contributed by atoms with Crippen molar-refractivity contribution in [1.82, 2.24) is 19.6 Å². The lowest BCUT2D eigenvalue weighted by molar-refractivity contribution is 0.102. The summed E-state index contributed by atoms with van der Waals surface area (Å²) in [5.74, 6) is -0.961. The molecule has 0 aliphatic carbocycles. The molecule has 0 aliphatic heterocycles. The van der Waals surface area contributed by atoms with Crippen LogP contribution in [-0.2, 0) is 0 Å². The minimum Gasteiger partial charge on any atom is -0.382 e. The molecule has 3 aromatic carbocycles. The van der Waals surface area contributed by atoms with Gasteiger partial charge in [0.1, 0.15) is 34.9 Å². The van der Waals surface area contributed by atoms with Gasteiger partial charge in [-0.2, -0.15) is 20.7 Å². The highest BCUT2D eigenvalue weighted by Crippen LogP contribution is 2.25. The maximum atomic E-state index is 13.3. The van der Waals surface area contributed by atoms with Crippen LogP contribution in [0, 0.1) is 36.5 Å². The molecular weight excluding hydrogens is 504 g/mol. The molecule has 40 heavy (non-hydrogen) atoms. The van der Waals surface area contributed by atoms with Gasteiger partial charge >= 0.3 is 0 Å². The van der Waals surface area contributed by atoms with Gasteiger partial charge in [0.25, 0.3) is 0 Å². The van der Waals surface area contributed by atoms with E-state index >= 15 is 0 Å². The van der Waals surface area contributed by atoms with Gasteiger partial charge in [-0.15, -0.1) is 0 Å². The van der Waals surface area contributed by atoms with Crippen LogP contribution < -0.4 is 11.5 Å². The van der Waals surface area contributed by atoms with Crippen LogP contribution in [-0.4, -0.2) is 31.1 Å². The summed E-state index contributed by atoms with van der Waals surface area (Å²) in [6.45, 7) is 3.87. The van der Waals surface area contributed by atoms with E-state index in [-0.39, 0.29) is 45.3 Å². The second kappa shape index (κ2) is 10.0. The van der Waals surface area contributed by atoms with Crippen LogP contribution >= 0.6 is 0 Å². The summed E-state index contributed by atoms with van der Waals surface area (Å²) in [7, 11) is 0. The third-order valence-corrected chi connectivity index (χ3v) is 6.46. The van der Waals surface area contributed by atoms with Gasteiger partial charge < -0.3 is 11.5 Å². The van der Waals surface area contributed by atoms with Crippen molar-refractivity contribution in [3.05, 3.63) is 118 Å². The molecule has 0 saturated carbocycles. The average molecular weight is 527 g/mol. The molecule has 0 atom stereocenters. The highest BCUT2D eigenvalue weighted by molar-refractivity contribution is 6.12. The number of rotatable bonds is 6. The van der Waals surface area contributed by atoms with Crippen LogP contribution in [0.4, 0.5) is 11.6 Å². The Balaban J connectivity index is 1.46. The molecule has 5 rings (SSSR count). The van der Waals surface area contributed by atoms with Crippen LogP contribution in [0.25, 0.3) is 11.4 Å². The molecule has 0 bridgehead atoms. The second-order valence-corrected chi connectivity index (χ2v) is 9.17. The van der Waals surface area contributed by atoms with E-state index in [4.69, 9.17) is 11.5 Å². The van der Waals surface area contributed by atoms with E-state index in [1.165, 1.54) is 33.6 Å². The highest BCUT2D eigenvalue weighted by Gasteiger charge is 2.26. The van der Waals surface area contributed by atoms with E-state index in [1.54, 1.807) is 24.3 Å². The Bertz CT molecular complexity index is 1730. The summed E-state index contributed by atoms with van der Waals surface area (Å²) in [6.07, 6.45) is 0. The van der Waals surface area contributed by atoms with E-state index in [1.807, 2.05) is 50.3 Å². The fraction of sp³-hybridized carbons (Fsp3) is 0.0667. The Morgan fingerprint density at radius 3 is 1.25 bits per heavy atom. The van der Waals surface area contributed by atoms with Crippen molar-refractivity contribution >= 4 is 23.2 Å². The molecule has 0 unspecified atom stereocenters. The smallest absolute Gasteiger partial charge is 0.214 e. The number of aromatic nitrogens is 4. The van der Waals surface area contributed by atoms with Crippen molar-refractivity contribution < 1.29 is 9.59 Å². The fourth-order valence-corrected chi connectivity index (χ4v) is 4.21. The molecule has 10 heteroatoms. The molecular formula is C30H22N8O2. The average Bonchev–Trinajstić information content (AvgIpc) is 3.49. The number of hydrogen-bond acceptors (Lipinski definition) is 8. The van der Waals surface area contributed by atoms with E-state index in [9.17, 15) is 20.1 Å². The summed E-state index contributed by atoms with van der Waals surface area (Å²) in [5, 5.41) is 28.0. The predicted molar refractivity (Wildman–Crippen MR) is 148 cm³/mol. The standard InChI is InChI=1S/C30H22N8O2/c1-17-3-11-21(12-4-17)37-29(33)23(15-31)25(35-37)27(39)19-7-9-20(10-8-19)28(40)26-24(16-32)30(34)38(36-26)22-13-5-18(2)6-14-22/h3-14H,33-34H2,1-2H3. The fourth-order valence-electron chi connectivity index (χ4n) is 4.21. The van der Waals surface area contributed by atoms with Gasteiger partial charge in [-0.25, -0.2) is 9.36 Å². The van der Waals surface area contributed by atoms with Crippen LogP contribution in [0.2, 0.25) is 0 Å². The van der Waals surface area contributed by atoms with Crippen LogP contribution in [0.5, 0.6) is 0 Å². The lowest BCUT2D eigenvalue weighted by atomic mass is 10.0. The molecule has 2 aromatic heterocycles. The van der Waals surface area contributed by atoms with Gasteiger partial charge in [0.2, 0.25) is 11.6 Å². The van der Waals surface area contributed by atoms with Gasteiger partial charge in [-0.05, 0) is 38.1 Å². The normalized spacial score (nSPS) is 10.6. The van der Waals surface area contributed by atoms with Gasteiger partial charge in [-0.1, -0.05) is 59.7 Å². The first-order chi connectivity index (χ1) is 19.2. The Hall–Kier alpha value is -6.00. The number of carbonyl (C=O) groups is 2. The maximum absolute atomic E-state index is 13.3. The predicted octanol–water partition coefficient (Wildman–Crippen LogP) is 4.04. The van der Waals surface area contributed by atoms with Gasteiger partial charge in [0, 0.05) is 11.1 Å². The largest absolute Gasteiger partial charge is 0.382 e. The Morgan fingerprint density at radius 1 is 0.625 bits per heavy atom. The second-order valence-electron chi connectivity index (χ2n) is 9.17. The van der Waals surface area contributed by atoms with Crippen molar-refractivity contribution in [2.45, 2.75) is 13.8 Å². The molecule has 5 aromatic rings. The van der Waals surface area contributed by atoms with Crippen molar-refractivity contribution in [3.8, 4) is 23.5 Å². The maximum Gasteiger partial charge on any atom is 0.214 e. The molecule has 0 amide bonds. The first-order valence-electron chi connectivity index (χ1n) is 12.1. The van der Waals surface area contributed by atoms with E-state index in [2.05, 4.69) is 10.2 Å². The van der Waals surface area contributed by atoms with E-state index in [0.717, 1.165) is 11.1 Å². The number of benzene rings is 3. The van der Waals surface area contributed by atoms with Crippen molar-refractivity contribution in [1.29, 1.82) is 10.5 Å². The summed E-state index contributed by atoms with van der Waals surface area (Å²) < 4.78 is 2.70. The summed E-state index contributed by atoms with van der Waals surface area (Å²) in [5.41, 5.74) is 15.7. The number of hydrogen-bond donors (Lipinski definition) is 2. The molecule has 0 saturated heterocycles. The number of carbonyl (C=O) groups excluding carboxylic acids is 2. The molecule has 0 fully saturated rings. The lowest BCUT2D eigenvalue weighted by Gasteiger charge is -2.04. The third-order valence-electron chi connectivity index (χ3n) is 6.46. The number of anilines is 2. The monoisotopic (exact) mass is 526 g/mol. The van der Waals surface area contributed by atoms with Crippen LogP contribution in [0.15, 0.2) is 72.8 Å². The number of aryl methyl sites for hydroxylation is 2. The van der Waals surface area contributed by atoms with E-state index in [0.29, 0.717) is 11.4 Å². The first-order valence-corrected chi connectivity index (χ1v) is 12.1. The van der Waals surface area contributed by atoms with Crippen LogP contribution in [0.3, 0.4) is 0 Å². The summed E-state index contributed by atoms with van der Waals surface area (Å²) in [4.78, 5) is 26.6. The summed E-state index contributed by atoms with van der Waals surface area (Å²) >= 11 is 0. The number of nitrogens with two attached hydrogens (primary N) is 2. The molecule has 10 nitrogen and oxygen atoms in total. The topological polar surface area (TPSA) is 169 Å². The van der Waals surface area contributed by atoms with Gasteiger partial charge in [-0.3, -0.25) is 9.59 Å². The molecule has 0 spiro atoms. The molecule has 194 valence electrons. The van der Waals surface area contributed by atoms with Crippen molar-refractivity contribution in [2.24, 2.45) is 0 Å². The zero-order chi connectivity index (χ0) is 28.6. The number of ketones is 2. The number of nitrogen functional groups attached to an aromatic ring is 2. The zero-order valence-electron chi connectivity index (χ0n) is 21.6. The lowest BCUT2D eigenvalue weighted by Crippen LogP contribution is -2.08. The Morgan fingerprint density at radius 2 is 0.950 bits per heavy atom. The molecule has 2 heterocycles. The Labute approximate surface area is 229 Å². The minimum atomic E-state index is -0.529. The Kier molecular flexibility index (Phi) is 6.44. The van der Waals surface area contributed by atoms with Crippen LogP contribution in [0.1, 0.15) is 54.4 Å². The summed E-state index contributed by atoms with van der Waals surface area (Å²) in [6, 6.07) is 24.4. The number of nitriles is 2. The van der Waals surface area contributed by atoms with Crippen molar-refractivity contribution in [2.75, 3.05) is 11.5 Å². The molecule has 4 N–H and O–H groups in total. The highest BCUT2D eigenvalue weighted by atomic mass is 16.1. The first kappa shape index (κ1) is 25.6. The van der Waals surface area contributed by atoms with Crippen molar-refractivity contribution in [3.63, 3.8) is 0 Å². The molecule has 0 radical (unpaired) electrons. The molecule has 0 aliphatic rings. The quantitative estimate of drug-likeness (QED) is 0.312. The number of nitrogens with zero attached hydrogens (tertiary/aromatic N) is 6. The van der Waals surface area contributed by atoms with E-state index < -0.39 is 11.6 Å². The minimum absolute atomic E-state index is 0.0403. The van der Waals surface area contributed by atoms with Gasteiger partial charge in [0.05, 0.1) is 11.4 Å². The SMILES string of the molecule is Cc1ccc(-n2nc(C(=O)c3ccc(C(=O)c4nn(-c5ccc(C)cc5)c(N)c4C#N)cc3)c(C#N)c2N)cc1.